The van der Waals surface area contributed by atoms with Gasteiger partial charge in [-0.15, -0.1) is 0 Å². The molecule has 0 aromatic heterocycles. The first-order chi connectivity index (χ1) is 7.66. The van der Waals surface area contributed by atoms with E-state index in [9.17, 15) is 5.11 Å². The van der Waals surface area contributed by atoms with Gasteiger partial charge in [0.2, 0.25) is 0 Å². The zero-order valence-corrected chi connectivity index (χ0v) is 10.9. The fourth-order valence-corrected chi connectivity index (χ4v) is 2.60. The summed E-state index contributed by atoms with van der Waals surface area (Å²) in [6.45, 7) is 2.75. The van der Waals surface area contributed by atoms with Crippen LogP contribution in [0.2, 0.25) is 0 Å². The van der Waals surface area contributed by atoms with Crippen molar-refractivity contribution in [3.05, 3.63) is 39.9 Å². The van der Waals surface area contributed by atoms with Gasteiger partial charge in [-0.1, -0.05) is 18.2 Å². The maximum atomic E-state index is 9.89. The molecule has 0 spiro atoms. The molecule has 1 aromatic rings. The monoisotopic (exact) mass is 281 g/mol. The highest BCUT2D eigenvalue weighted by Gasteiger charge is 2.11. The number of aromatic hydroxyl groups is 1. The number of phenols is 1. The standard InChI is InChI=1S/C13H16BrNO/c1-9-6-10(13(16)12(14)7-9)8-15-11-4-2-3-5-11/h2-3,6-7,11,15-16H,4-5,8H2,1H3. The normalized spacial score (nSPS) is 15.9. The van der Waals surface area contributed by atoms with E-state index >= 15 is 0 Å². The van der Waals surface area contributed by atoms with Crippen LogP contribution < -0.4 is 5.32 Å². The summed E-state index contributed by atoms with van der Waals surface area (Å²) in [5, 5.41) is 13.3. The van der Waals surface area contributed by atoms with Gasteiger partial charge in [-0.05, 0) is 47.3 Å². The Kier molecular flexibility index (Phi) is 3.66. The van der Waals surface area contributed by atoms with E-state index in [4.69, 9.17) is 0 Å². The second-order valence-electron chi connectivity index (χ2n) is 4.28. The van der Waals surface area contributed by atoms with Crippen LogP contribution in [0.4, 0.5) is 0 Å². The van der Waals surface area contributed by atoms with Gasteiger partial charge in [0.15, 0.2) is 0 Å². The summed E-state index contributed by atoms with van der Waals surface area (Å²) >= 11 is 3.36. The number of benzene rings is 1. The Labute approximate surface area is 105 Å². The van der Waals surface area contributed by atoms with Crippen molar-refractivity contribution in [2.24, 2.45) is 0 Å². The van der Waals surface area contributed by atoms with Gasteiger partial charge in [0.05, 0.1) is 4.47 Å². The van der Waals surface area contributed by atoms with Crippen LogP contribution in [0.15, 0.2) is 28.8 Å². The highest BCUT2D eigenvalue weighted by Crippen LogP contribution is 2.29. The molecular weight excluding hydrogens is 266 g/mol. The van der Waals surface area contributed by atoms with Crippen LogP contribution in [0.5, 0.6) is 5.75 Å². The average molecular weight is 282 g/mol. The molecule has 1 aliphatic rings. The third-order valence-corrected chi connectivity index (χ3v) is 3.48. The molecule has 0 saturated heterocycles. The molecule has 0 saturated carbocycles. The first-order valence-electron chi connectivity index (χ1n) is 5.53. The van der Waals surface area contributed by atoms with Crippen molar-refractivity contribution < 1.29 is 5.11 Å². The summed E-state index contributed by atoms with van der Waals surface area (Å²) in [6, 6.07) is 4.48. The lowest BCUT2D eigenvalue weighted by molar-refractivity contribution is 0.454. The largest absolute Gasteiger partial charge is 0.506 e. The van der Waals surface area contributed by atoms with Gasteiger partial charge < -0.3 is 10.4 Å². The summed E-state index contributed by atoms with van der Waals surface area (Å²) < 4.78 is 0.772. The van der Waals surface area contributed by atoms with Gasteiger partial charge in [0.25, 0.3) is 0 Å². The lowest BCUT2D eigenvalue weighted by Crippen LogP contribution is -2.25. The second-order valence-corrected chi connectivity index (χ2v) is 5.13. The van der Waals surface area contributed by atoms with Crippen LogP contribution in [-0.4, -0.2) is 11.1 Å². The molecule has 0 atom stereocenters. The Balaban J connectivity index is 2.03. The summed E-state index contributed by atoms with van der Waals surface area (Å²) in [7, 11) is 0. The molecule has 1 aliphatic carbocycles. The molecule has 3 heteroatoms. The molecule has 0 fully saturated rings. The van der Waals surface area contributed by atoms with Crippen LogP contribution in [0, 0.1) is 6.92 Å². The SMILES string of the molecule is Cc1cc(Br)c(O)c(CNC2CC=CC2)c1. The Morgan fingerprint density at radius 1 is 1.38 bits per heavy atom. The first kappa shape index (κ1) is 11.7. The predicted molar refractivity (Wildman–Crippen MR) is 69.5 cm³/mol. The molecule has 2 N–H and O–H groups in total. The maximum absolute atomic E-state index is 9.89. The van der Waals surface area contributed by atoms with Gasteiger partial charge in [0, 0.05) is 18.2 Å². The molecular formula is C13H16BrNO. The molecule has 0 unspecified atom stereocenters. The quantitative estimate of drug-likeness (QED) is 0.834. The van der Waals surface area contributed by atoms with Crippen molar-refractivity contribution in [1.29, 1.82) is 0 Å². The number of nitrogens with one attached hydrogen (secondary N) is 1. The number of hydrogen-bond donors (Lipinski definition) is 2. The number of phenolic OH excluding ortho intramolecular Hbond substituents is 1. The molecule has 0 aliphatic heterocycles. The van der Waals surface area contributed by atoms with E-state index in [0.29, 0.717) is 11.8 Å². The van der Waals surface area contributed by atoms with Crippen LogP contribution in [0.25, 0.3) is 0 Å². The summed E-state index contributed by atoms with van der Waals surface area (Å²) in [4.78, 5) is 0. The molecule has 0 amide bonds. The van der Waals surface area contributed by atoms with E-state index < -0.39 is 0 Å². The molecule has 0 radical (unpaired) electrons. The Morgan fingerprint density at radius 3 is 2.75 bits per heavy atom. The minimum absolute atomic E-state index is 0.351. The minimum Gasteiger partial charge on any atom is -0.506 e. The number of hydrogen-bond acceptors (Lipinski definition) is 2. The van der Waals surface area contributed by atoms with Gasteiger partial charge in [-0.25, -0.2) is 0 Å². The molecule has 0 heterocycles. The number of rotatable bonds is 3. The number of halogens is 1. The molecule has 86 valence electrons. The van der Waals surface area contributed by atoms with Crippen molar-refractivity contribution in [2.45, 2.75) is 32.4 Å². The van der Waals surface area contributed by atoms with Gasteiger partial charge >= 0.3 is 0 Å². The van der Waals surface area contributed by atoms with Crippen molar-refractivity contribution in [3.8, 4) is 5.75 Å². The van der Waals surface area contributed by atoms with E-state index in [1.165, 1.54) is 0 Å². The van der Waals surface area contributed by atoms with Crippen LogP contribution in [0.3, 0.4) is 0 Å². The smallest absolute Gasteiger partial charge is 0.134 e. The average Bonchev–Trinajstić information content (AvgIpc) is 2.74. The minimum atomic E-state index is 0.351. The topological polar surface area (TPSA) is 32.3 Å². The second kappa shape index (κ2) is 5.02. The van der Waals surface area contributed by atoms with Gasteiger partial charge in [0.1, 0.15) is 5.75 Å². The predicted octanol–water partition coefficient (Wildman–Crippen LogP) is 3.27. The third kappa shape index (κ3) is 2.66. The van der Waals surface area contributed by atoms with E-state index in [0.717, 1.165) is 35.0 Å². The molecule has 2 rings (SSSR count). The molecule has 1 aromatic carbocycles. The molecule has 2 nitrogen and oxygen atoms in total. The Morgan fingerprint density at radius 2 is 2.06 bits per heavy atom. The number of aryl methyl sites for hydroxylation is 1. The zero-order chi connectivity index (χ0) is 11.5. The summed E-state index contributed by atoms with van der Waals surface area (Å²) in [5.74, 6) is 0.351. The third-order valence-electron chi connectivity index (χ3n) is 2.88. The molecule has 16 heavy (non-hydrogen) atoms. The van der Waals surface area contributed by atoms with Crippen molar-refractivity contribution >= 4 is 15.9 Å². The van der Waals surface area contributed by atoms with E-state index in [-0.39, 0.29) is 0 Å². The van der Waals surface area contributed by atoms with E-state index in [1.807, 2.05) is 19.1 Å². The van der Waals surface area contributed by atoms with Crippen molar-refractivity contribution in [3.63, 3.8) is 0 Å². The molecule has 0 bridgehead atoms. The van der Waals surface area contributed by atoms with E-state index in [2.05, 4.69) is 33.4 Å². The van der Waals surface area contributed by atoms with Crippen molar-refractivity contribution in [2.75, 3.05) is 0 Å². The Hall–Kier alpha value is -0.800. The lowest BCUT2D eigenvalue weighted by Gasteiger charge is -2.14. The lowest BCUT2D eigenvalue weighted by atomic mass is 10.1. The fraction of sp³-hybridized carbons (Fsp3) is 0.385. The highest BCUT2D eigenvalue weighted by atomic mass is 79.9. The maximum Gasteiger partial charge on any atom is 0.134 e. The van der Waals surface area contributed by atoms with Crippen LogP contribution >= 0.6 is 15.9 Å². The first-order valence-corrected chi connectivity index (χ1v) is 6.32. The van der Waals surface area contributed by atoms with E-state index in [1.54, 1.807) is 0 Å². The van der Waals surface area contributed by atoms with Gasteiger partial charge in [-0.3, -0.25) is 0 Å². The van der Waals surface area contributed by atoms with Crippen molar-refractivity contribution in [1.82, 2.24) is 5.32 Å². The van der Waals surface area contributed by atoms with Crippen LogP contribution in [0.1, 0.15) is 24.0 Å². The zero-order valence-electron chi connectivity index (χ0n) is 9.33. The summed E-state index contributed by atoms with van der Waals surface area (Å²) in [5.41, 5.74) is 2.12. The highest BCUT2D eigenvalue weighted by molar-refractivity contribution is 9.10. The fourth-order valence-electron chi connectivity index (χ4n) is 1.98. The van der Waals surface area contributed by atoms with Gasteiger partial charge in [-0.2, -0.15) is 0 Å². The Bertz CT molecular complexity index is 407. The summed E-state index contributed by atoms with van der Waals surface area (Å²) in [6.07, 6.45) is 6.58. The van der Waals surface area contributed by atoms with Crippen LogP contribution in [-0.2, 0) is 6.54 Å².